The van der Waals surface area contributed by atoms with Crippen LogP contribution in [0, 0.1) is 6.92 Å². The number of amides is 2. The van der Waals surface area contributed by atoms with Crippen LogP contribution in [0.25, 0.3) is 0 Å². The van der Waals surface area contributed by atoms with E-state index in [9.17, 15) is 19.2 Å². The lowest BCUT2D eigenvalue weighted by molar-refractivity contribution is 0.0502. The van der Waals surface area contributed by atoms with Gasteiger partial charge in [-0.3, -0.25) is 14.3 Å². The van der Waals surface area contributed by atoms with E-state index in [4.69, 9.17) is 9.47 Å². The number of aryl methyl sites for hydroxylation is 1. The molecule has 10 heteroatoms. The minimum absolute atomic E-state index is 0.102. The average molecular weight is 459 g/mol. The molecule has 1 aliphatic rings. The normalized spacial score (nSPS) is 18.1. The van der Waals surface area contributed by atoms with Gasteiger partial charge < -0.3 is 19.7 Å². The number of alkyl carbamates (subject to hydrolysis) is 1. The van der Waals surface area contributed by atoms with E-state index in [0.717, 1.165) is 5.56 Å². The summed E-state index contributed by atoms with van der Waals surface area (Å²) in [7, 11) is 0. The van der Waals surface area contributed by atoms with Gasteiger partial charge in [-0.25, -0.2) is 14.4 Å². The lowest BCUT2D eigenvalue weighted by atomic mass is 10.1. The summed E-state index contributed by atoms with van der Waals surface area (Å²) in [6, 6.07) is 8.47. The fourth-order valence-electron chi connectivity index (χ4n) is 3.68. The number of carbonyl (C=O) groups excluding carboxylic acids is 2. The van der Waals surface area contributed by atoms with E-state index in [1.54, 1.807) is 27.7 Å². The number of hydrogen-bond acceptors (Lipinski definition) is 6. The molecule has 1 aromatic heterocycles. The highest BCUT2D eigenvalue weighted by atomic mass is 16.6. The highest BCUT2D eigenvalue weighted by Gasteiger charge is 2.38. The predicted molar refractivity (Wildman–Crippen MR) is 121 cm³/mol. The van der Waals surface area contributed by atoms with Crippen molar-refractivity contribution in [1.82, 2.24) is 19.8 Å². The van der Waals surface area contributed by atoms with Crippen LogP contribution in [-0.2, 0) is 22.6 Å². The Morgan fingerprint density at radius 3 is 2.55 bits per heavy atom. The third-order valence-corrected chi connectivity index (χ3v) is 5.17. The number of aromatic nitrogens is 2. The van der Waals surface area contributed by atoms with E-state index in [1.165, 1.54) is 15.7 Å². The van der Waals surface area contributed by atoms with Gasteiger partial charge in [-0.05, 0) is 39.7 Å². The lowest BCUT2D eigenvalue weighted by Gasteiger charge is -2.24. The maximum absolute atomic E-state index is 12.9. The molecule has 2 atom stereocenters. The lowest BCUT2D eigenvalue weighted by Crippen LogP contribution is -2.43. The van der Waals surface area contributed by atoms with Gasteiger partial charge in [-0.15, -0.1) is 0 Å². The highest BCUT2D eigenvalue weighted by molar-refractivity contribution is 5.70. The molecule has 1 saturated heterocycles. The summed E-state index contributed by atoms with van der Waals surface area (Å²) in [6.45, 7) is 7.34. The van der Waals surface area contributed by atoms with Gasteiger partial charge in [0.05, 0.1) is 12.1 Å². The average Bonchev–Trinajstić information content (AvgIpc) is 3.11. The summed E-state index contributed by atoms with van der Waals surface area (Å²) < 4.78 is 12.2. The van der Waals surface area contributed by atoms with Gasteiger partial charge >= 0.3 is 17.9 Å². The summed E-state index contributed by atoms with van der Waals surface area (Å²) >= 11 is 0. The molecular formula is C23H30N4O6. The molecule has 3 rings (SSSR count). The Hall–Kier alpha value is -3.56. The van der Waals surface area contributed by atoms with Crippen molar-refractivity contribution in [2.75, 3.05) is 6.54 Å². The first kappa shape index (κ1) is 24.1. The Morgan fingerprint density at radius 2 is 1.88 bits per heavy atom. The first-order chi connectivity index (χ1) is 15.5. The third-order valence-electron chi connectivity index (χ3n) is 5.17. The second-order valence-corrected chi connectivity index (χ2v) is 9.15. The van der Waals surface area contributed by atoms with Crippen molar-refractivity contribution in [2.24, 2.45) is 0 Å². The number of aromatic amines is 1. The van der Waals surface area contributed by atoms with Crippen molar-refractivity contribution >= 4 is 12.2 Å². The SMILES string of the molecule is Cc1cn(C[C@H]2C[C@@H](NC(=O)OC(C)(C)C)CN2C(=O)OCc2ccccc2)c(=O)[nH]c1=O. The molecule has 1 aromatic carbocycles. The Bertz CT molecular complexity index is 1100. The number of likely N-dealkylation sites (tertiary alicyclic amines) is 1. The number of nitrogens with one attached hydrogen (secondary N) is 2. The zero-order chi connectivity index (χ0) is 24.2. The van der Waals surface area contributed by atoms with Crippen molar-refractivity contribution in [3.8, 4) is 0 Å². The van der Waals surface area contributed by atoms with Crippen LogP contribution in [0.3, 0.4) is 0 Å². The van der Waals surface area contributed by atoms with Crippen LogP contribution in [0.5, 0.6) is 0 Å². The molecule has 2 heterocycles. The van der Waals surface area contributed by atoms with Crippen LogP contribution in [0.4, 0.5) is 9.59 Å². The number of carbonyl (C=O) groups is 2. The van der Waals surface area contributed by atoms with Gasteiger partial charge in [-0.2, -0.15) is 0 Å². The van der Waals surface area contributed by atoms with E-state index in [0.29, 0.717) is 12.0 Å². The Balaban J connectivity index is 1.75. The van der Waals surface area contributed by atoms with Crippen molar-refractivity contribution in [3.63, 3.8) is 0 Å². The second-order valence-electron chi connectivity index (χ2n) is 9.15. The van der Waals surface area contributed by atoms with Gasteiger partial charge in [0.1, 0.15) is 12.2 Å². The molecule has 0 bridgehead atoms. The standard InChI is InChI=1S/C23H30N4O6/c1-15-11-26(20(29)25-19(15)28)13-18-10-17(24-21(30)33-23(2,3)4)12-27(18)22(31)32-14-16-8-6-5-7-9-16/h5-9,11,17-18H,10,12-14H2,1-4H3,(H,24,30)(H,25,28,29)/t17-,18-/m1/s1. The fraction of sp³-hybridized carbons (Fsp3) is 0.478. The molecule has 2 aromatic rings. The summed E-state index contributed by atoms with van der Waals surface area (Å²) in [5, 5.41) is 2.79. The van der Waals surface area contributed by atoms with Crippen molar-refractivity contribution in [2.45, 2.75) is 65.0 Å². The molecule has 10 nitrogen and oxygen atoms in total. The molecule has 2 amide bonds. The van der Waals surface area contributed by atoms with Crippen molar-refractivity contribution in [1.29, 1.82) is 0 Å². The number of nitrogens with zero attached hydrogens (tertiary/aromatic N) is 2. The summed E-state index contributed by atoms with van der Waals surface area (Å²) in [6.07, 6.45) is 0.724. The Morgan fingerprint density at radius 1 is 1.18 bits per heavy atom. The molecule has 2 N–H and O–H groups in total. The minimum atomic E-state index is -0.656. The summed E-state index contributed by atoms with van der Waals surface area (Å²) in [4.78, 5) is 52.9. The molecule has 33 heavy (non-hydrogen) atoms. The minimum Gasteiger partial charge on any atom is -0.445 e. The van der Waals surface area contributed by atoms with Gasteiger partial charge in [0.25, 0.3) is 5.56 Å². The number of rotatable bonds is 5. The number of benzene rings is 1. The first-order valence-corrected chi connectivity index (χ1v) is 10.8. The van der Waals surface area contributed by atoms with E-state index < -0.39 is 35.1 Å². The van der Waals surface area contributed by atoms with Crippen LogP contribution >= 0.6 is 0 Å². The maximum Gasteiger partial charge on any atom is 0.410 e. The van der Waals surface area contributed by atoms with Crippen LogP contribution in [0.1, 0.15) is 38.3 Å². The molecule has 1 aliphatic heterocycles. The van der Waals surface area contributed by atoms with E-state index in [-0.39, 0.29) is 25.7 Å². The van der Waals surface area contributed by atoms with Crippen molar-refractivity contribution < 1.29 is 19.1 Å². The molecule has 178 valence electrons. The maximum atomic E-state index is 12.9. The first-order valence-electron chi connectivity index (χ1n) is 10.8. The highest BCUT2D eigenvalue weighted by Crippen LogP contribution is 2.21. The van der Waals surface area contributed by atoms with Crippen LogP contribution in [0.15, 0.2) is 46.1 Å². The van der Waals surface area contributed by atoms with Gasteiger partial charge in [0.15, 0.2) is 0 Å². The largest absolute Gasteiger partial charge is 0.445 e. The molecular weight excluding hydrogens is 428 g/mol. The molecule has 0 spiro atoms. The van der Waals surface area contributed by atoms with Crippen LogP contribution < -0.4 is 16.6 Å². The quantitative estimate of drug-likeness (QED) is 0.708. The zero-order valence-electron chi connectivity index (χ0n) is 19.3. The fourth-order valence-corrected chi connectivity index (χ4v) is 3.68. The van der Waals surface area contributed by atoms with E-state index in [1.807, 2.05) is 30.3 Å². The topological polar surface area (TPSA) is 123 Å². The third kappa shape index (κ3) is 6.71. The zero-order valence-corrected chi connectivity index (χ0v) is 19.3. The molecule has 0 radical (unpaired) electrons. The molecule has 0 unspecified atom stereocenters. The smallest absolute Gasteiger partial charge is 0.410 e. The van der Waals surface area contributed by atoms with E-state index in [2.05, 4.69) is 10.3 Å². The Kier molecular flexibility index (Phi) is 7.25. The second kappa shape index (κ2) is 9.93. The number of H-pyrrole nitrogens is 1. The van der Waals surface area contributed by atoms with Gasteiger partial charge in [-0.1, -0.05) is 30.3 Å². The van der Waals surface area contributed by atoms with Crippen LogP contribution in [0.2, 0.25) is 0 Å². The number of ether oxygens (including phenoxy) is 2. The Labute approximate surface area is 191 Å². The number of hydrogen-bond donors (Lipinski definition) is 2. The summed E-state index contributed by atoms with van der Waals surface area (Å²) in [5.74, 6) is 0. The van der Waals surface area contributed by atoms with Gasteiger partial charge in [0, 0.05) is 24.8 Å². The monoisotopic (exact) mass is 458 g/mol. The summed E-state index contributed by atoms with van der Waals surface area (Å²) in [5.41, 5.74) is -0.443. The molecule has 0 saturated carbocycles. The molecule has 1 fully saturated rings. The molecule has 0 aliphatic carbocycles. The van der Waals surface area contributed by atoms with Crippen LogP contribution in [-0.4, -0.2) is 50.9 Å². The van der Waals surface area contributed by atoms with E-state index >= 15 is 0 Å². The predicted octanol–water partition coefficient (Wildman–Crippen LogP) is 2.15. The van der Waals surface area contributed by atoms with Crippen molar-refractivity contribution in [3.05, 3.63) is 68.5 Å². The van der Waals surface area contributed by atoms with Gasteiger partial charge in [0.2, 0.25) is 0 Å².